The molecular weight excluding hydrogens is 529 g/mol. The third-order valence-electron chi connectivity index (χ3n) is 6.71. The predicted octanol–water partition coefficient (Wildman–Crippen LogP) is 5.16. The molecule has 0 aromatic carbocycles. The van der Waals surface area contributed by atoms with Gasteiger partial charge in [0.15, 0.2) is 0 Å². The molecule has 1 amide bonds. The second kappa shape index (κ2) is 9.45. The van der Waals surface area contributed by atoms with E-state index in [1.165, 1.54) is 34.1 Å². The van der Waals surface area contributed by atoms with Gasteiger partial charge in [-0.25, -0.2) is 21.8 Å². The number of amides is 1. The molecule has 4 aromatic rings. The maximum atomic E-state index is 14.6. The largest absolute Gasteiger partial charge is 0.300 e. The van der Waals surface area contributed by atoms with Gasteiger partial charge in [-0.15, -0.1) is 0 Å². The lowest BCUT2D eigenvalue weighted by atomic mass is 9.92. The van der Waals surface area contributed by atoms with Crippen molar-refractivity contribution in [2.45, 2.75) is 25.0 Å². The highest BCUT2D eigenvalue weighted by Crippen LogP contribution is 2.44. The second-order valence-corrected chi connectivity index (χ2v) is 11.8. The van der Waals surface area contributed by atoms with Gasteiger partial charge in [-0.1, -0.05) is 17.7 Å². The quantitative estimate of drug-likeness (QED) is 0.340. The van der Waals surface area contributed by atoms with Crippen LogP contribution in [0.2, 0.25) is 0 Å². The summed E-state index contributed by atoms with van der Waals surface area (Å²) in [5.41, 5.74) is 2.79. The third-order valence-corrected chi connectivity index (χ3v) is 9.75. The topological polar surface area (TPSA) is 98.1 Å². The highest BCUT2D eigenvalue weighted by Gasteiger charge is 2.47. The molecule has 0 fully saturated rings. The van der Waals surface area contributed by atoms with E-state index in [9.17, 15) is 17.6 Å². The standard InChI is InChI=1S/C27H23ClFN5O3S/c1-17(35)33(3)26-13-18(10-12-31-26)24-14-22-23(5-4-11-30-22)34(24)38(36,37)27(2)15-19(6-9-25(27)28)21-8-7-20(29)16-32-21/h4-14,16H,15H2,1-3H3. The molecule has 4 aromatic heterocycles. The van der Waals surface area contributed by atoms with Crippen LogP contribution in [-0.4, -0.2) is 45.0 Å². The lowest BCUT2D eigenvalue weighted by Gasteiger charge is -2.33. The Kier molecular flexibility index (Phi) is 6.40. The van der Waals surface area contributed by atoms with E-state index in [1.54, 1.807) is 62.7 Å². The number of fused-ring (bicyclic) bond motifs is 1. The van der Waals surface area contributed by atoms with Crippen molar-refractivity contribution in [3.8, 4) is 11.3 Å². The van der Waals surface area contributed by atoms with Crippen LogP contribution in [0.4, 0.5) is 10.2 Å². The van der Waals surface area contributed by atoms with E-state index in [0.717, 1.165) is 6.20 Å². The van der Waals surface area contributed by atoms with E-state index in [4.69, 9.17) is 11.6 Å². The Morgan fingerprint density at radius 2 is 1.89 bits per heavy atom. The number of halogens is 2. The van der Waals surface area contributed by atoms with Crippen molar-refractivity contribution in [3.63, 3.8) is 0 Å². The molecule has 0 aliphatic heterocycles. The Morgan fingerprint density at radius 3 is 2.61 bits per heavy atom. The molecule has 0 bridgehead atoms. The normalized spacial score (nSPS) is 17.7. The van der Waals surface area contributed by atoms with E-state index in [1.807, 2.05) is 0 Å². The average Bonchev–Trinajstić information content (AvgIpc) is 3.31. The Bertz CT molecular complexity index is 1750. The number of hydrogen-bond donors (Lipinski definition) is 0. The SMILES string of the molecule is CC(=O)N(C)c1cc(-c2cc3ncccc3n2S(=O)(=O)C2(C)CC(c3ccc(F)cn3)=CC=C2Cl)ccn1. The maximum Gasteiger partial charge on any atom is 0.250 e. The number of allylic oxidation sites excluding steroid dienone is 3. The number of carbonyl (C=O) groups excluding carboxylic acids is 1. The second-order valence-electron chi connectivity index (χ2n) is 9.16. The number of rotatable bonds is 5. The number of aromatic nitrogens is 4. The lowest BCUT2D eigenvalue weighted by Crippen LogP contribution is -2.41. The molecule has 1 aliphatic rings. The maximum absolute atomic E-state index is 14.6. The summed E-state index contributed by atoms with van der Waals surface area (Å²) in [5.74, 6) is -0.339. The first-order chi connectivity index (χ1) is 18.0. The van der Waals surface area contributed by atoms with Crippen molar-refractivity contribution >= 4 is 50.0 Å². The van der Waals surface area contributed by atoms with E-state index in [-0.39, 0.29) is 17.4 Å². The first kappa shape index (κ1) is 25.7. The zero-order valence-corrected chi connectivity index (χ0v) is 22.3. The van der Waals surface area contributed by atoms with Crippen LogP contribution in [0.5, 0.6) is 0 Å². The summed E-state index contributed by atoms with van der Waals surface area (Å²) in [7, 11) is -2.65. The highest BCUT2D eigenvalue weighted by molar-refractivity contribution is 7.91. The minimum Gasteiger partial charge on any atom is -0.300 e. The third kappa shape index (κ3) is 4.19. The van der Waals surface area contributed by atoms with Crippen molar-refractivity contribution in [2.75, 3.05) is 11.9 Å². The summed E-state index contributed by atoms with van der Waals surface area (Å²) in [4.78, 5) is 26.1. The van der Waals surface area contributed by atoms with Crippen LogP contribution in [0.3, 0.4) is 0 Å². The summed E-state index contributed by atoms with van der Waals surface area (Å²) in [6.07, 6.45) is 7.44. The van der Waals surface area contributed by atoms with Crippen molar-refractivity contribution < 1.29 is 17.6 Å². The molecule has 8 nitrogen and oxygen atoms in total. The molecule has 194 valence electrons. The molecule has 0 radical (unpaired) electrons. The number of carbonyl (C=O) groups is 1. The van der Waals surface area contributed by atoms with Gasteiger partial charge in [0, 0.05) is 43.4 Å². The van der Waals surface area contributed by atoms with Gasteiger partial charge in [0.1, 0.15) is 16.4 Å². The first-order valence-corrected chi connectivity index (χ1v) is 13.5. The summed E-state index contributed by atoms with van der Waals surface area (Å²) in [6.45, 7) is 2.98. The molecule has 0 spiro atoms. The molecule has 5 rings (SSSR count). The van der Waals surface area contributed by atoms with E-state index in [2.05, 4.69) is 15.0 Å². The van der Waals surface area contributed by atoms with Crippen LogP contribution in [0.25, 0.3) is 27.9 Å². The number of pyridine rings is 3. The minimum absolute atomic E-state index is 0.0113. The van der Waals surface area contributed by atoms with Gasteiger partial charge < -0.3 is 4.90 Å². The molecule has 0 saturated heterocycles. The summed E-state index contributed by atoms with van der Waals surface area (Å²) in [5, 5.41) is 0.131. The Morgan fingerprint density at radius 1 is 1.11 bits per heavy atom. The van der Waals surface area contributed by atoms with Crippen molar-refractivity contribution in [2.24, 2.45) is 0 Å². The molecule has 0 saturated carbocycles. The van der Waals surface area contributed by atoms with Gasteiger partial charge >= 0.3 is 0 Å². The van der Waals surface area contributed by atoms with Gasteiger partial charge in [0.05, 0.1) is 28.6 Å². The molecule has 1 atom stereocenters. The van der Waals surface area contributed by atoms with E-state index in [0.29, 0.717) is 39.4 Å². The van der Waals surface area contributed by atoms with Crippen molar-refractivity contribution in [3.05, 3.63) is 89.8 Å². The number of hydrogen-bond acceptors (Lipinski definition) is 6. The van der Waals surface area contributed by atoms with Crippen LogP contribution in [-0.2, 0) is 14.8 Å². The van der Waals surface area contributed by atoms with Crippen LogP contribution >= 0.6 is 11.6 Å². The molecule has 38 heavy (non-hydrogen) atoms. The van der Waals surface area contributed by atoms with Gasteiger partial charge in [0.25, 0.3) is 10.0 Å². The fraction of sp³-hybridized carbons (Fsp3) is 0.185. The zero-order chi connectivity index (χ0) is 27.2. The summed E-state index contributed by atoms with van der Waals surface area (Å²) >= 11 is 6.63. The van der Waals surface area contributed by atoms with Gasteiger partial charge in [0.2, 0.25) is 5.91 Å². The van der Waals surface area contributed by atoms with Crippen molar-refractivity contribution in [1.29, 1.82) is 0 Å². The average molecular weight is 552 g/mol. The van der Waals surface area contributed by atoms with Crippen LogP contribution in [0.15, 0.2) is 78.2 Å². The molecular formula is C27H23ClFN5O3S. The monoisotopic (exact) mass is 551 g/mol. The smallest absolute Gasteiger partial charge is 0.250 e. The van der Waals surface area contributed by atoms with Crippen LogP contribution in [0, 0.1) is 5.82 Å². The highest BCUT2D eigenvalue weighted by atomic mass is 35.5. The molecule has 11 heteroatoms. The fourth-order valence-corrected chi connectivity index (χ4v) is 6.71. The minimum atomic E-state index is -4.24. The molecule has 4 heterocycles. The molecule has 1 aliphatic carbocycles. The molecule has 1 unspecified atom stereocenters. The van der Waals surface area contributed by atoms with E-state index >= 15 is 0 Å². The zero-order valence-electron chi connectivity index (χ0n) is 20.8. The Hall–Kier alpha value is -3.89. The lowest BCUT2D eigenvalue weighted by molar-refractivity contribution is -0.116. The van der Waals surface area contributed by atoms with Crippen molar-refractivity contribution in [1.82, 2.24) is 18.9 Å². The first-order valence-electron chi connectivity index (χ1n) is 11.6. The molecule has 0 N–H and O–H groups in total. The predicted molar refractivity (Wildman–Crippen MR) is 145 cm³/mol. The van der Waals surface area contributed by atoms with Gasteiger partial charge in [-0.3, -0.25) is 14.8 Å². The number of anilines is 1. The Labute approximate surface area is 224 Å². The van der Waals surface area contributed by atoms with E-state index < -0.39 is 20.6 Å². The van der Waals surface area contributed by atoms with Crippen LogP contribution < -0.4 is 4.90 Å². The summed E-state index contributed by atoms with van der Waals surface area (Å²) in [6, 6.07) is 11.1. The van der Waals surface area contributed by atoms with Gasteiger partial charge in [-0.2, -0.15) is 0 Å². The summed E-state index contributed by atoms with van der Waals surface area (Å²) < 4.78 is 42.3. The Balaban J connectivity index is 1.69. The number of nitrogens with zero attached hydrogens (tertiary/aromatic N) is 5. The van der Waals surface area contributed by atoms with Crippen LogP contribution in [0.1, 0.15) is 26.0 Å². The fourth-order valence-electron chi connectivity index (χ4n) is 4.41. The van der Waals surface area contributed by atoms with Gasteiger partial charge in [-0.05, 0) is 61.0 Å².